The van der Waals surface area contributed by atoms with Crippen molar-refractivity contribution in [2.75, 3.05) is 13.1 Å². The second-order valence-corrected chi connectivity index (χ2v) is 7.14. The van der Waals surface area contributed by atoms with Gasteiger partial charge in [0.2, 0.25) is 0 Å². The van der Waals surface area contributed by atoms with Crippen LogP contribution >= 0.6 is 0 Å². The van der Waals surface area contributed by atoms with Gasteiger partial charge in [0, 0.05) is 6.54 Å². The quantitative estimate of drug-likeness (QED) is 0.226. The Hall–Kier alpha value is -1.56. The van der Waals surface area contributed by atoms with Gasteiger partial charge in [-0.1, -0.05) is 53.2 Å². The third-order valence-electron chi connectivity index (χ3n) is 3.41. The summed E-state index contributed by atoms with van der Waals surface area (Å²) in [6, 6.07) is 0. The molecule has 0 rings (SSSR count). The average molecular weight is 325 g/mol. The van der Waals surface area contributed by atoms with E-state index >= 15 is 0 Å². The van der Waals surface area contributed by atoms with Crippen molar-refractivity contribution in [1.29, 1.82) is 0 Å². The molecular weight excluding hydrogens is 288 g/mol. The molecule has 134 valence electrons. The summed E-state index contributed by atoms with van der Waals surface area (Å²) in [5, 5.41) is 6.00. The van der Waals surface area contributed by atoms with Crippen molar-refractivity contribution in [1.82, 2.24) is 10.6 Å². The van der Waals surface area contributed by atoms with Gasteiger partial charge in [-0.25, -0.2) is 4.99 Å². The monoisotopic (exact) mass is 324 g/mol. The average Bonchev–Trinajstić information content (AvgIpc) is 2.41. The Labute approximate surface area is 141 Å². The number of aliphatic imine (C=N–C) groups is 2. The van der Waals surface area contributed by atoms with Gasteiger partial charge in [0.1, 0.15) is 5.66 Å². The van der Waals surface area contributed by atoms with Gasteiger partial charge in [-0.3, -0.25) is 15.6 Å². The van der Waals surface area contributed by atoms with E-state index in [0.717, 1.165) is 19.4 Å². The van der Waals surface area contributed by atoms with Crippen molar-refractivity contribution in [3.63, 3.8) is 0 Å². The lowest BCUT2D eigenvalue weighted by Gasteiger charge is -2.22. The zero-order chi connectivity index (χ0) is 17.9. The van der Waals surface area contributed by atoms with Crippen LogP contribution < -0.4 is 22.1 Å². The van der Waals surface area contributed by atoms with E-state index in [0.29, 0.717) is 17.9 Å². The molecule has 1 unspecified atom stereocenters. The number of rotatable bonds is 9. The van der Waals surface area contributed by atoms with Crippen LogP contribution in [-0.4, -0.2) is 30.7 Å². The molecule has 0 spiro atoms. The number of hydrogen-bond acceptors (Lipinski definition) is 3. The summed E-state index contributed by atoms with van der Waals surface area (Å²) in [4.78, 5) is 8.61. The summed E-state index contributed by atoms with van der Waals surface area (Å²) < 4.78 is 0. The summed E-state index contributed by atoms with van der Waals surface area (Å²) in [6.45, 7) is 15.9. The first kappa shape index (κ1) is 21.4. The molecule has 0 amide bonds. The molecule has 0 aromatic heterocycles. The Morgan fingerprint density at radius 2 is 1.74 bits per heavy atom. The lowest BCUT2D eigenvalue weighted by molar-refractivity contribution is 0.358. The van der Waals surface area contributed by atoms with E-state index in [1.165, 1.54) is 12.8 Å². The molecular formula is C17H36N6. The van der Waals surface area contributed by atoms with Crippen LogP contribution in [0.5, 0.6) is 0 Å². The van der Waals surface area contributed by atoms with Gasteiger partial charge < -0.3 is 11.5 Å². The number of nitrogens with two attached hydrogens (primary N) is 2. The third-order valence-corrected chi connectivity index (χ3v) is 3.41. The molecule has 0 heterocycles. The molecule has 0 saturated carbocycles. The predicted octanol–water partition coefficient (Wildman–Crippen LogP) is 2.32. The Bertz CT molecular complexity index is 408. The van der Waals surface area contributed by atoms with Gasteiger partial charge in [-0.2, -0.15) is 0 Å². The zero-order valence-corrected chi connectivity index (χ0v) is 15.6. The van der Waals surface area contributed by atoms with Crippen molar-refractivity contribution in [3.05, 3.63) is 12.7 Å². The fraction of sp³-hybridized carbons (Fsp3) is 0.765. The summed E-state index contributed by atoms with van der Waals surface area (Å²) in [7, 11) is 0. The van der Waals surface area contributed by atoms with Crippen LogP contribution in [0.3, 0.4) is 0 Å². The van der Waals surface area contributed by atoms with E-state index in [9.17, 15) is 0 Å². The molecule has 6 heteroatoms. The highest BCUT2D eigenvalue weighted by Crippen LogP contribution is 2.21. The maximum atomic E-state index is 5.86. The minimum absolute atomic E-state index is 0.224. The summed E-state index contributed by atoms with van der Waals surface area (Å²) in [5.41, 5.74) is 11.5. The number of likely N-dealkylation sites (N-methyl/N-ethyl adjacent to an activating group) is 1. The minimum atomic E-state index is -0.612. The van der Waals surface area contributed by atoms with Crippen LogP contribution in [0.2, 0.25) is 0 Å². The third kappa shape index (κ3) is 11.6. The first-order valence-electron chi connectivity index (χ1n) is 8.43. The highest BCUT2D eigenvalue weighted by Gasteiger charge is 2.17. The van der Waals surface area contributed by atoms with Gasteiger partial charge >= 0.3 is 0 Å². The van der Waals surface area contributed by atoms with Crippen LogP contribution in [0.4, 0.5) is 0 Å². The molecule has 0 radical (unpaired) electrons. The van der Waals surface area contributed by atoms with Gasteiger partial charge in [0.25, 0.3) is 0 Å². The van der Waals surface area contributed by atoms with Gasteiger partial charge in [0.05, 0.1) is 0 Å². The topological polar surface area (TPSA) is 101 Å². The lowest BCUT2D eigenvalue weighted by atomic mass is 9.89. The smallest absolute Gasteiger partial charge is 0.197 e. The van der Waals surface area contributed by atoms with Crippen molar-refractivity contribution in [2.24, 2.45) is 26.9 Å². The second kappa shape index (κ2) is 10.3. The van der Waals surface area contributed by atoms with E-state index < -0.39 is 5.66 Å². The summed E-state index contributed by atoms with van der Waals surface area (Å²) in [5.74, 6) is 0.521. The first-order chi connectivity index (χ1) is 10.6. The minimum Gasteiger partial charge on any atom is -0.370 e. The van der Waals surface area contributed by atoms with Crippen molar-refractivity contribution in [3.8, 4) is 0 Å². The van der Waals surface area contributed by atoms with Crippen LogP contribution in [-0.2, 0) is 0 Å². The standard InChI is InChI=1S/C17H36N6/c1-7-17(6,21-8-2)23-15(19)22-14(18)20-13-11-9-10-12-16(3,4)5/h7,21H,1,8-13H2,2-6H3,(H5,18,19,20,22,23). The molecule has 0 aliphatic heterocycles. The molecule has 0 aliphatic rings. The number of unbranched alkanes of at least 4 members (excludes halogenated alkanes) is 2. The molecule has 0 fully saturated rings. The highest BCUT2D eigenvalue weighted by atomic mass is 15.2. The fourth-order valence-corrected chi connectivity index (χ4v) is 2.11. The zero-order valence-electron chi connectivity index (χ0n) is 15.6. The first-order valence-corrected chi connectivity index (χ1v) is 8.43. The maximum absolute atomic E-state index is 5.86. The van der Waals surface area contributed by atoms with Crippen LogP contribution in [0, 0.1) is 5.41 Å². The maximum Gasteiger partial charge on any atom is 0.197 e. The Kier molecular flexibility index (Phi) is 9.56. The van der Waals surface area contributed by atoms with E-state index in [2.05, 4.69) is 48.0 Å². The molecule has 0 bridgehead atoms. The largest absolute Gasteiger partial charge is 0.370 e. The fourth-order valence-electron chi connectivity index (χ4n) is 2.11. The Morgan fingerprint density at radius 1 is 1.09 bits per heavy atom. The molecule has 0 aliphatic carbocycles. The summed E-state index contributed by atoms with van der Waals surface area (Å²) in [6.07, 6.45) is 6.34. The lowest BCUT2D eigenvalue weighted by Crippen LogP contribution is -2.46. The number of nitrogens with one attached hydrogen (secondary N) is 2. The molecule has 0 aromatic rings. The van der Waals surface area contributed by atoms with Crippen LogP contribution in [0.1, 0.15) is 60.3 Å². The van der Waals surface area contributed by atoms with Crippen LogP contribution in [0.15, 0.2) is 22.6 Å². The summed E-state index contributed by atoms with van der Waals surface area (Å²) >= 11 is 0. The predicted molar refractivity (Wildman–Crippen MR) is 101 cm³/mol. The molecule has 1 atom stereocenters. The van der Waals surface area contributed by atoms with E-state index in [1.54, 1.807) is 6.08 Å². The SMILES string of the molecule is C=CC(C)(N=C(N)NC(N)=NCCCCCC(C)(C)C)NCC. The molecule has 0 saturated heterocycles. The van der Waals surface area contributed by atoms with Gasteiger partial charge in [-0.05, 0) is 31.7 Å². The highest BCUT2D eigenvalue weighted by molar-refractivity contribution is 5.97. The molecule has 23 heavy (non-hydrogen) atoms. The second-order valence-electron chi connectivity index (χ2n) is 7.14. The number of hydrogen-bond donors (Lipinski definition) is 4. The van der Waals surface area contributed by atoms with Crippen LogP contribution in [0.25, 0.3) is 0 Å². The Balaban J connectivity index is 4.21. The number of nitrogens with zero attached hydrogens (tertiary/aromatic N) is 2. The molecule has 6 N–H and O–H groups in total. The van der Waals surface area contributed by atoms with E-state index in [-0.39, 0.29) is 5.96 Å². The van der Waals surface area contributed by atoms with E-state index in [4.69, 9.17) is 11.5 Å². The van der Waals surface area contributed by atoms with Crippen molar-refractivity contribution < 1.29 is 0 Å². The van der Waals surface area contributed by atoms with Crippen molar-refractivity contribution >= 4 is 11.9 Å². The normalized spacial score (nSPS) is 16.0. The van der Waals surface area contributed by atoms with Gasteiger partial charge in [0.15, 0.2) is 11.9 Å². The van der Waals surface area contributed by atoms with Crippen molar-refractivity contribution in [2.45, 2.75) is 66.0 Å². The Morgan fingerprint density at radius 3 is 2.26 bits per heavy atom. The van der Waals surface area contributed by atoms with E-state index in [1.807, 2.05) is 13.8 Å². The molecule has 0 aromatic carbocycles. The molecule has 6 nitrogen and oxygen atoms in total. The van der Waals surface area contributed by atoms with Gasteiger partial charge in [-0.15, -0.1) is 0 Å². The number of guanidine groups is 2.